The second kappa shape index (κ2) is 5.51. The molecule has 2 heterocycles. The second-order valence-corrected chi connectivity index (χ2v) is 9.79. The normalized spacial score (nSPS) is 30.0. The molecule has 0 saturated heterocycles. The predicted octanol–water partition coefficient (Wildman–Crippen LogP) is 4.77. The van der Waals surface area contributed by atoms with Crippen molar-refractivity contribution in [3.05, 3.63) is 34.9 Å². The van der Waals surface area contributed by atoms with E-state index in [2.05, 4.69) is 27.7 Å². The smallest absolute Gasteiger partial charge is 0.162 e. The van der Waals surface area contributed by atoms with Crippen molar-refractivity contribution < 1.29 is 14.0 Å². The van der Waals surface area contributed by atoms with Crippen LogP contribution in [0.25, 0.3) is 0 Å². The maximum Gasteiger partial charge on any atom is 0.162 e. The minimum absolute atomic E-state index is 0.0810. The zero-order chi connectivity index (χ0) is 18.9. The summed E-state index contributed by atoms with van der Waals surface area (Å²) in [7, 11) is 0. The van der Waals surface area contributed by atoms with E-state index in [0.29, 0.717) is 12.8 Å². The molecule has 0 bridgehead atoms. The molecule has 2 atom stereocenters. The molecule has 0 spiro atoms. The number of nitrogens with zero attached hydrogens (tertiary/aromatic N) is 1. The van der Waals surface area contributed by atoms with Crippen LogP contribution in [0.4, 0.5) is 0 Å². The molecule has 0 N–H and O–H groups in total. The van der Waals surface area contributed by atoms with Gasteiger partial charge in [-0.1, -0.05) is 27.7 Å². The van der Waals surface area contributed by atoms with Crippen molar-refractivity contribution in [3.8, 4) is 0 Å². The molecule has 26 heavy (non-hydrogen) atoms. The molecular weight excluding hydrogens is 326 g/mol. The van der Waals surface area contributed by atoms with Gasteiger partial charge in [-0.15, -0.1) is 0 Å². The molecule has 1 saturated carbocycles. The van der Waals surface area contributed by atoms with Crippen molar-refractivity contribution >= 4 is 17.3 Å². The van der Waals surface area contributed by atoms with E-state index in [1.54, 1.807) is 0 Å². The minimum atomic E-state index is -0.350. The zero-order valence-electron chi connectivity index (χ0n) is 16.3. The highest BCUT2D eigenvalue weighted by molar-refractivity contribution is 6.13. The molecule has 1 fully saturated rings. The highest BCUT2D eigenvalue weighted by atomic mass is 16.3. The van der Waals surface area contributed by atoms with Crippen LogP contribution in [0.3, 0.4) is 0 Å². The Hall–Kier alpha value is -1.97. The Morgan fingerprint density at radius 3 is 2.31 bits per heavy atom. The monoisotopic (exact) mass is 353 g/mol. The van der Waals surface area contributed by atoms with Crippen molar-refractivity contribution in [1.82, 2.24) is 0 Å². The van der Waals surface area contributed by atoms with Gasteiger partial charge in [0.05, 0.1) is 11.8 Å². The van der Waals surface area contributed by atoms with Crippen LogP contribution in [0.5, 0.6) is 0 Å². The number of rotatable bonds is 1. The molecule has 1 aromatic heterocycles. The van der Waals surface area contributed by atoms with E-state index in [-0.39, 0.29) is 34.2 Å². The summed E-state index contributed by atoms with van der Waals surface area (Å²) in [6.07, 6.45) is 2.59. The average molecular weight is 353 g/mol. The lowest BCUT2D eigenvalue weighted by molar-refractivity contribution is -0.124. The second-order valence-electron chi connectivity index (χ2n) is 9.79. The zero-order valence-corrected chi connectivity index (χ0v) is 16.3. The number of hydrogen-bond donors (Lipinski definition) is 0. The Morgan fingerprint density at radius 2 is 1.65 bits per heavy atom. The number of allylic oxidation sites excluding steroid dienone is 2. The number of furan rings is 1. The first kappa shape index (κ1) is 17.4. The van der Waals surface area contributed by atoms with Gasteiger partial charge < -0.3 is 4.42 Å². The Bertz CT molecular complexity index is 866. The summed E-state index contributed by atoms with van der Waals surface area (Å²) in [6, 6.07) is 3.84. The molecular formula is C22H27NO3. The van der Waals surface area contributed by atoms with E-state index >= 15 is 0 Å². The molecule has 4 nitrogen and oxygen atoms in total. The predicted molar refractivity (Wildman–Crippen MR) is 100 cm³/mol. The fourth-order valence-corrected chi connectivity index (χ4v) is 4.94. The minimum Gasteiger partial charge on any atom is -0.466 e. The summed E-state index contributed by atoms with van der Waals surface area (Å²) in [5, 5.41) is 0. The van der Waals surface area contributed by atoms with Crippen LogP contribution >= 0.6 is 0 Å². The van der Waals surface area contributed by atoms with Gasteiger partial charge in [0.1, 0.15) is 17.3 Å². The maximum absolute atomic E-state index is 13.1. The molecule has 4 heteroatoms. The Balaban J connectivity index is 1.90. The number of Topliss-reactive ketones (excluding diaryl/α,β-unsaturated/α-hetero) is 2. The van der Waals surface area contributed by atoms with E-state index in [0.717, 1.165) is 41.3 Å². The first-order valence-electron chi connectivity index (χ1n) is 9.49. The van der Waals surface area contributed by atoms with E-state index in [1.165, 1.54) is 0 Å². The Kier molecular flexibility index (Phi) is 3.70. The van der Waals surface area contributed by atoms with E-state index < -0.39 is 0 Å². The molecule has 3 aliphatic rings. The van der Waals surface area contributed by atoms with Gasteiger partial charge in [-0.2, -0.15) is 0 Å². The summed E-state index contributed by atoms with van der Waals surface area (Å²) in [5.74, 6) is 1.18. The number of carbonyl (C=O) groups is 2. The van der Waals surface area contributed by atoms with Crippen LogP contribution in [-0.4, -0.2) is 17.3 Å². The first-order valence-corrected chi connectivity index (χ1v) is 9.49. The third-order valence-corrected chi connectivity index (χ3v) is 5.91. The van der Waals surface area contributed by atoms with Gasteiger partial charge >= 0.3 is 0 Å². The molecule has 138 valence electrons. The molecule has 0 amide bonds. The van der Waals surface area contributed by atoms with Crippen LogP contribution in [0.15, 0.2) is 32.8 Å². The van der Waals surface area contributed by atoms with Crippen LogP contribution in [0.1, 0.15) is 70.8 Å². The van der Waals surface area contributed by atoms with Gasteiger partial charge in [0.15, 0.2) is 5.78 Å². The molecule has 0 radical (unpaired) electrons. The highest BCUT2D eigenvalue weighted by Gasteiger charge is 2.50. The average Bonchev–Trinajstić information content (AvgIpc) is 2.88. The van der Waals surface area contributed by atoms with E-state index in [4.69, 9.17) is 9.41 Å². The van der Waals surface area contributed by atoms with Crippen molar-refractivity contribution in [2.24, 2.45) is 21.7 Å². The van der Waals surface area contributed by atoms with Gasteiger partial charge in [0.25, 0.3) is 0 Å². The topological polar surface area (TPSA) is 59.6 Å². The number of hydrogen-bond acceptors (Lipinski definition) is 4. The van der Waals surface area contributed by atoms with Crippen LogP contribution in [0.2, 0.25) is 0 Å². The van der Waals surface area contributed by atoms with Crippen molar-refractivity contribution in [2.45, 2.75) is 66.2 Å². The summed E-state index contributed by atoms with van der Waals surface area (Å²) in [6.45, 7) is 10.4. The first-order chi connectivity index (χ1) is 12.1. The number of ketones is 2. The lowest BCUT2D eigenvalue weighted by Crippen LogP contribution is -2.45. The summed E-state index contributed by atoms with van der Waals surface area (Å²) in [4.78, 5) is 31.1. The molecule has 1 unspecified atom stereocenters. The number of fused-ring (bicyclic) bond motifs is 1. The molecule has 1 aromatic rings. The molecule has 0 aromatic carbocycles. The fourth-order valence-electron chi connectivity index (χ4n) is 4.94. The quantitative estimate of drug-likeness (QED) is 0.730. The standard InChI is InChI=1S/C22H27NO3/c1-12-6-7-17(26-12)20-18-13(8-21(2,3)10-15(18)24)23-14-9-22(4,5)11-16(25)19(14)20/h6-7,18,20H,8-11H2,1-5H3/t18?,20-/m0/s1. The highest BCUT2D eigenvalue weighted by Crippen LogP contribution is 2.51. The van der Waals surface area contributed by atoms with E-state index in [9.17, 15) is 9.59 Å². The third kappa shape index (κ3) is 2.80. The molecule has 4 rings (SSSR count). The van der Waals surface area contributed by atoms with Gasteiger partial charge in [-0.05, 0) is 42.7 Å². The van der Waals surface area contributed by atoms with E-state index in [1.807, 2.05) is 19.1 Å². The fraction of sp³-hybridized carbons (Fsp3) is 0.591. The largest absolute Gasteiger partial charge is 0.466 e. The van der Waals surface area contributed by atoms with Gasteiger partial charge in [0.2, 0.25) is 0 Å². The van der Waals surface area contributed by atoms with Crippen LogP contribution in [-0.2, 0) is 9.59 Å². The van der Waals surface area contributed by atoms with Crippen molar-refractivity contribution in [1.29, 1.82) is 0 Å². The van der Waals surface area contributed by atoms with Gasteiger partial charge in [-0.3, -0.25) is 14.6 Å². The van der Waals surface area contributed by atoms with Gasteiger partial charge in [-0.25, -0.2) is 0 Å². The number of carbonyl (C=O) groups excluding carboxylic acids is 2. The Labute approximate surface area is 154 Å². The van der Waals surface area contributed by atoms with Crippen molar-refractivity contribution in [3.63, 3.8) is 0 Å². The van der Waals surface area contributed by atoms with Gasteiger partial charge in [0, 0.05) is 29.8 Å². The molecule has 2 aliphatic carbocycles. The number of aliphatic imine (C=N–C) groups is 1. The summed E-state index contributed by atoms with van der Waals surface area (Å²) >= 11 is 0. The van der Waals surface area contributed by atoms with Crippen molar-refractivity contribution in [2.75, 3.05) is 0 Å². The third-order valence-electron chi connectivity index (χ3n) is 5.91. The molecule has 1 aliphatic heterocycles. The Morgan fingerprint density at radius 1 is 0.962 bits per heavy atom. The maximum atomic E-state index is 13.1. The van der Waals surface area contributed by atoms with Crippen LogP contribution in [0, 0.1) is 23.7 Å². The lowest BCUT2D eigenvalue weighted by atomic mass is 9.61. The summed E-state index contributed by atoms with van der Waals surface area (Å²) < 4.78 is 5.93. The summed E-state index contributed by atoms with van der Waals surface area (Å²) in [5.41, 5.74) is 2.37. The van der Waals surface area contributed by atoms with Crippen LogP contribution < -0.4 is 0 Å². The number of aryl methyl sites for hydroxylation is 1. The SMILES string of the molecule is Cc1ccc([C@@H]2C3=C(CC(C)(C)CC3=O)N=C3CC(C)(C)CC(=O)C32)o1. The lowest BCUT2D eigenvalue weighted by Gasteiger charge is -2.43.